The molecule has 1 atom stereocenters. The molecule has 5 N–H and O–H groups in total. The van der Waals surface area contributed by atoms with Crippen molar-refractivity contribution in [3.63, 3.8) is 0 Å². The van der Waals surface area contributed by atoms with Crippen molar-refractivity contribution in [1.29, 1.82) is 0 Å². The van der Waals surface area contributed by atoms with Crippen LogP contribution in [0.25, 0.3) is 0 Å². The van der Waals surface area contributed by atoms with Gasteiger partial charge in [0.15, 0.2) is 0 Å². The summed E-state index contributed by atoms with van der Waals surface area (Å²) in [6.45, 7) is 2.28. The van der Waals surface area contributed by atoms with E-state index in [4.69, 9.17) is 39.0 Å². The smallest absolute Gasteiger partial charge is 0.451 e. The predicted molar refractivity (Wildman–Crippen MR) is 103 cm³/mol. The third kappa shape index (κ3) is 6.41. The second-order valence-electron chi connectivity index (χ2n) is 7.23. The molecule has 0 saturated carbocycles. The molecular formula is C17H25BCl2N2O4. The first-order chi connectivity index (χ1) is 12.2. The molecule has 1 aliphatic heterocycles. The summed E-state index contributed by atoms with van der Waals surface area (Å²) in [7, 11) is -1.35. The topological polar surface area (TPSA) is 107 Å². The molecule has 0 spiro atoms. The Bertz CT molecular complexity index is 609. The second-order valence-corrected chi connectivity index (χ2v) is 8.10. The molecule has 1 heterocycles. The number of nitrogens with two attached hydrogens (primary N) is 1. The first kappa shape index (κ1) is 21.5. The highest BCUT2D eigenvalue weighted by molar-refractivity contribution is 6.40. The number of carbonyl (C=O) groups is 1. The molecular weight excluding hydrogens is 378 g/mol. The number of hydrogen-bond acceptors (Lipinski definition) is 5. The van der Waals surface area contributed by atoms with Crippen LogP contribution in [0.4, 0.5) is 0 Å². The number of hydrogen-bond donors (Lipinski definition) is 4. The molecule has 1 aliphatic rings. The van der Waals surface area contributed by atoms with E-state index in [-0.39, 0.29) is 12.2 Å². The predicted octanol–water partition coefficient (Wildman–Crippen LogP) is 2.24. The zero-order chi connectivity index (χ0) is 19.3. The number of halogens is 2. The fourth-order valence-corrected chi connectivity index (χ4v) is 4.05. The quantitative estimate of drug-likeness (QED) is 0.353. The van der Waals surface area contributed by atoms with Crippen LogP contribution < -0.4 is 5.73 Å². The van der Waals surface area contributed by atoms with Crippen LogP contribution in [0.1, 0.15) is 31.2 Å². The lowest BCUT2D eigenvalue weighted by atomic mass is 9.78. The number of aliphatic carboxylic acids is 1. The largest absolute Gasteiger partial charge is 0.480 e. The molecule has 6 nitrogen and oxygen atoms in total. The molecule has 1 unspecified atom stereocenters. The Kier molecular flexibility index (Phi) is 7.76. The molecule has 26 heavy (non-hydrogen) atoms. The van der Waals surface area contributed by atoms with Gasteiger partial charge in [-0.3, -0.25) is 9.69 Å². The zero-order valence-corrected chi connectivity index (χ0v) is 16.1. The van der Waals surface area contributed by atoms with E-state index in [2.05, 4.69) is 4.90 Å². The van der Waals surface area contributed by atoms with Gasteiger partial charge in [-0.1, -0.05) is 36.0 Å². The maximum Gasteiger partial charge on any atom is 0.451 e. The SMILES string of the molecule is NC(CCCCB(O)O)(CC1CN(Cc2cc(Cl)cc(Cl)c2)C1)C(=O)O. The number of unbranched alkanes of at least 4 members (excludes halogenated alkanes) is 1. The Labute approximate surface area is 164 Å². The highest BCUT2D eigenvalue weighted by Crippen LogP contribution is 2.30. The van der Waals surface area contributed by atoms with Crippen molar-refractivity contribution in [1.82, 2.24) is 4.90 Å². The van der Waals surface area contributed by atoms with Gasteiger partial charge in [0.25, 0.3) is 0 Å². The number of rotatable bonds is 10. The number of nitrogens with zero attached hydrogens (tertiary/aromatic N) is 1. The molecule has 9 heteroatoms. The summed E-state index contributed by atoms with van der Waals surface area (Å²) in [6.07, 6.45) is 2.06. The lowest BCUT2D eigenvalue weighted by Crippen LogP contribution is -2.55. The van der Waals surface area contributed by atoms with Crippen LogP contribution >= 0.6 is 23.2 Å². The van der Waals surface area contributed by atoms with E-state index in [9.17, 15) is 9.90 Å². The van der Waals surface area contributed by atoms with Gasteiger partial charge in [0.1, 0.15) is 5.54 Å². The molecule has 0 radical (unpaired) electrons. The summed E-state index contributed by atoms with van der Waals surface area (Å²) in [6, 6.07) is 5.44. The number of likely N-dealkylation sites (tertiary alicyclic amines) is 1. The van der Waals surface area contributed by atoms with Gasteiger partial charge in [0, 0.05) is 29.7 Å². The van der Waals surface area contributed by atoms with E-state index in [0.717, 1.165) is 25.2 Å². The maximum absolute atomic E-state index is 11.6. The minimum absolute atomic E-state index is 0.231. The maximum atomic E-state index is 11.6. The van der Waals surface area contributed by atoms with Gasteiger partial charge in [-0.05, 0) is 48.8 Å². The molecule has 1 aromatic rings. The van der Waals surface area contributed by atoms with Crippen molar-refractivity contribution >= 4 is 36.3 Å². The number of carboxylic acid groups (broad SMARTS) is 1. The average Bonchev–Trinajstić information content (AvgIpc) is 2.48. The number of benzene rings is 1. The van der Waals surface area contributed by atoms with Crippen molar-refractivity contribution < 1.29 is 19.9 Å². The molecule has 1 saturated heterocycles. The van der Waals surface area contributed by atoms with E-state index in [1.165, 1.54) is 0 Å². The first-order valence-electron chi connectivity index (χ1n) is 8.74. The summed E-state index contributed by atoms with van der Waals surface area (Å²) in [5.41, 5.74) is 5.89. The third-order valence-electron chi connectivity index (χ3n) is 4.78. The standard InChI is InChI=1S/C17H25BCl2N2O4/c19-14-5-12(6-15(20)7-14)9-22-10-13(11-22)8-17(21,16(23)24)3-1-2-4-18(25)26/h5-7,13,25-26H,1-4,8-11,21H2,(H,23,24). The van der Waals surface area contributed by atoms with Crippen LogP contribution in [0.3, 0.4) is 0 Å². The Morgan fingerprint density at radius 1 is 1.23 bits per heavy atom. The highest BCUT2D eigenvalue weighted by atomic mass is 35.5. The molecule has 0 aromatic heterocycles. The van der Waals surface area contributed by atoms with Gasteiger partial charge in [0.05, 0.1) is 0 Å². The van der Waals surface area contributed by atoms with Crippen LogP contribution in [-0.4, -0.2) is 51.8 Å². The number of carboxylic acids is 1. The molecule has 0 aliphatic carbocycles. The van der Waals surface area contributed by atoms with Crippen molar-refractivity contribution in [3.05, 3.63) is 33.8 Å². The fraction of sp³-hybridized carbons (Fsp3) is 0.588. The van der Waals surface area contributed by atoms with Gasteiger partial charge >= 0.3 is 13.1 Å². The first-order valence-corrected chi connectivity index (χ1v) is 9.49. The van der Waals surface area contributed by atoms with Crippen molar-refractivity contribution in [2.24, 2.45) is 11.7 Å². The van der Waals surface area contributed by atoms with Gasteiger partial charge in [-0.2, -0.15) is 0 Å². The van der Waals surface area contributed by atoms with Crippen LogP contribution in [0.5, 0.6) is 0 Å². The summed E-state index contributed by atoms with van der Waals surface area (Å²) in [5.74, 6) is -0.767. The van der Waals surface area contributed by atoms with E-state index >= 15 is 0 Å². The van der Waals surface area contributed by atoms with Crippen molar-refractivity contribution in [2.45, 2.75) is 44.1 Å². The van der Waals surface area contributed by atoms with Gasteiger partial charge in [0.2, 0.25) is 0 Å². The average molecular weight is 403 g/mol. The van der Waals surface area contributed by atoms with Gasteiger partial charge in [-0.15, -0.1) is 0 Å². The molecule has 144 valence electrons. The van der Waals surface area contributed by atoms with E-state index in [1.54, 1.807) is 6.07 Å². The lowest BCUT2D eigenvalue weighted by Gasteiger charge is -2.42. The van der Waals surface area contributed by atoms with Crippen LogP contribution in [0.2, 0.25) is 16.4 Å². The Morgan fingerprint density at radius 2 is 1.85 bits per heavy atom. The third-order valence-corrected chi connectivity index (χ3v) is 5.21. The minimum Gasteiger partial charge on any atom is -0.480 e. The summed E-state index contributed by atoms with van der Waals surface area (Å²) < 4.78 is 0. The molecule has 0 bridgehead atoms. The van der Waals surface area contributed by atoms with Crippen LogP contribution in [0, 0.1) is 5.92 Å². The summed E-state index contributed by atoms with van der Waals surface area (Å²) in [5, 5.41) is 28.4. The molecule has 1 fully saturated rings. The molecule has 2 rings (SSSR count). The Balaban J connectivity index is 1.79. The zero-order valence-electron chi connectivity index (χ0n) is 14.6. The van der Waals surface area contributed by atoms with Crippen molar-refractivity contribution in [3.8, 4) is 0 Å². The lowest BCUT2D eigenvalue weighted by molar-refractivity contribution is -0.145. The van der Waals surface area contributed by atoms with E-state index in [1.807, 2.05) is 12.1 Å². The molecule has 0 amide bonds. The van der Waals surface area contributed by atoms with Gasteiger partial charge in [-0.25, -0.2) is 0 Å². The summed E-state index contributed by atoms with van der Waals surface area (Å²) >= 11 is 12.0. The summed E-state index contributed by atoms with van der Waals surface area (Å²) in [4.78, 5) is 13.8. The highest BCUT2D eigenvalue weighted by Gasteiger charge is 2.39. The van der Waals surface area contributed by atoms with Gasteiger partial charge < -0.3 is 20.9 Å². The Morgan fingerprint density at radius 3 is 2.38 bits per heavy atom. The normalized spacial score (nSPS) is 17.6. The van der Waals surface area contributed by atoms with E-state index in [0.29, 0.717) is 35.7 Å². The fourth-order valence-electron chi connectivity index (χ4n) is 3.47. The second kappa shape index (κ2) is 9.40. The monoisotopic (exact) mass is 402 g/mol. The Hall–Kier alpha value is -0.825. The van der Waals surface area contributed by atoms with E-state index < -0.39 is 18.6 Å². The molecule has 1 aromatic carbocycles. The van der Waals surface area contributed by atoms with Crippen LogP contribution in [0.15, 0.2) is 18.2 Å². The van der Waals surface area contributed by atoms with Crippen molar-refractivity contribution in [2.75, 3.05) is 13.1 Å². The minimum atomic E-state index is -1.35. The van der Waals surface area contributed by atoms with Crippen LogP contribution in [-0.2, 0) is 11.3 Å².